The van der Waals surface area contributed by atoms with E-state index in [-0.39, 0.29) is 6.92 Å². The predicted octanol–water partition coefficient (Wildman–Crippen LogP) is 12.1. The van der Waals surface area contributed by atoms with Gasteiger partial charge in [0.25, 0.3) is 16.8 Å². The Morgan fingerprint density at radius 2 is 0.330 bits per heavy atom. The van der Waals surface area contributed by atoms with Crippen molar-refractivity contribution in [1.29, 1.82) is 0 Å². The van der Waals surface area contributed by atoms with E-state index in [2.05, 4.69) is 14.2 Å². The second kappa shape index (κ2) is 15.9. The first-order valence-electron chi connectivity index (χ1n) is 23.4. The van der Waals surface area contributed by atoms with E-state index in [0.717, 1.165) is 0 Å². The molecule has 3 atom stereocenters. The Kier molecular flexibility index (Phi) is 12.6. The summed E-state index contributed by atoms with van der Waals surface area (Å²) in [7, 11) is 0. The molecular weight excluding hydrogens is 1430 g/mol. The molecule has 0 aromatic heterocycles. The number of alkyl halides is 45. The smallest absolute Gasteiger partial charge is 0.339 e. The fourth-order valence-electron chi connectivity index (χ4n) is 14.9. The molecule has 0 aromatic rings. The van der Waals surface area contributed by atoms with Crippen LogP contribution in [0.3, 0.4) is 0 Å². The molecule has 0 aliphatic heterocycles. The fraction of sp³-hybridized carbons (Fsp3) is 1.00. The second-order valence-electron chi connectivity index (χ2n) is 22.7. The van der Waals surface area contributed by atoms with Crippen LogP contribution in [0.2, 0.25) is 0 Å². The maximum Gasteiger partial charge on any atom is 0.339 e. The van der Waals surface area contributed by atoms with Gasteiger partial charge in [0.05, 0.1) is 43.5 Å². The minimum atomic E-state index is -9.01. The molecule has 91 heavy (non-hydrogen) atoms. The van der Waals surface area contributed by atoms with Crippen LogP contribution in [-0.4, -0.2) is 228 Å². The second-order valence-corrected chi connectivity index (χ2v) is 22.7. The van der Waals surface area contributed by atoms with Gasteiger partial charge in [0.15, 0.2) is 0 Å². The molecule has 0 radical (unpaired) electrons. The first kappa shape index (κ1) is 71.9. The third kappa shape index (κ3) is 4.77. The van der Waals surface area contributed by atoms with Crippen molar-refractivity contribution in [2.45, 2.75) is 213 Å². The molecule has 12 bridgehead atoms. The number of halogens is 45. The standard InChI is InChI=1S/C40H19F45O6/c1-2-3-10(7(86)4-89-20-32(68,69)11(41)23(50,51)12(42,33(20,70)71)25(54,55)13(43,24(11,52)53)34(20,72)73,8(87)5-90-21-35(74,75)14(44)26(56,57)15(45,36(21,76)77)28(60,61)16(46,27(14,58)59)37(21,78)79)9(88)6-91-22-38(80,81)17(47)29(62,63)18(48,39(22,82)83)31(66,67)19(49,30(17,64)65)40(22,84)85/h7-9,86-88H,2-6H2,1H3. The molecule has 12 fully saturated rings. The largest absolute Gasteiger partial charge is 0.390 e. The maximum atomic E-state index is 16.1. The van der Waals surface area contributed by atoms with E-state index < -0.39 is 231 Å². The van der Waals surface area contributed by atoms with Crippen molar-refractivity contribution in [3.63, 3.8) is 0 Å². The van der Waals surface area contributed by atoms with Crippen molar-refractivity contribution in [3.8, 4) is 0 Å². The van der Waals surface area contributed by atoms with Gasteiger partial charge in [0.1, 0.15) is 0 Å². The van der Waals surface area contributed by atoms with Crippen molar-refractivity contribution in [1.82, 2.24) is 0 Å². The first-order valence-corrected chi connectivity index (χ1v) is 23.4. The van der Waals surface area contributed by atoms with E-state index in [1.165, 1.54) is 0 Å². The molecule has 12 aliphatic carbocycles. The van der Waals surface area contributed by atoms with Crippen molar-refractivity contribution in [2.24, 2.45) is 5.41 Å². The summed E-state index contributed by atoms with van der Waals surface area (Å²) in [5, 5.41) is 33.8. The summed E-state index contributed by atoms with van der Waals surface area (Å²) >= 11 is 0. The molecule has 51 heteroatoms. The SMILES string of the molecule is CCCC(C(O)COC12C(F)(F)C3(F)C(F)(F)C(F)(C(F)(F)C(F)(C3(F)F)C1(F)F)C2(F)F)(C(O)COC12C(F)(F)C3(F)C(F)(F)C(F)(C(F)(F)C(F)(C3(F)F)C1(F)F)C2(F)F)C(O)COC12C(F)(F)C3(F)C(F)(F)C(F)(C(F)(F)C(F)(C3(F)F)C1(F)F)C2(F)F. The average molecular weight is 1450 g/mol. The Morgan fingerprint density at radius 1 is 0.220 bits per heavy atom. The zero-order valence-electron chi connectivity index (χ0n) is 41.3. The predicted molar refractivity (Wildman–Crippen MR) is 185 cm³/mol. The number of ether oxygens (including phenoxy) is 3. The normalized spacial score (nSPS) is 49.8. The van der Waals surface area contributed by atoms with Crippen molar-refractivity contribution in [3.05, 3.63) is 0 Å². The first-order chi connectivity index (χ1) is 39.4. The molecule has 12 rings (SSSR count). The Morgan fingerprint density at radius 3 is 0.429 bits per heavy atom. The maximum absolute atomic E-state index is 16.1. The summed E-state index contributed by atoms with van der Waals surface area (Å²) in [5.41, 5.74) is -112. The molecule has 0 saturated heterocycles. The zero-order chi connectivity index (χ0) is 71.9. The minimum Gasteiger partial charge on any atom is -0.390 e. The van der Waals surface area contributed by atoms with Gasteiger partial charge in [-0.2, -0.15) is 158 Å². The highest BCUT2D eigenvalue weighted by molar-refractivity contribution is 5.58. The van der Waals surface area contributed by atoms with Crippen LogP contribution in [-0.2, 0) is 14.2 Å². The van der Waals surface area contributed by atoms with Gasteiger partial charge < -0.3 is 29.5 Å². The van der Waals surface area contributed by atoms with Crippen LogP contribution in [0.4, 0.5) is 198 Å². The molecule has 0 aromatic carbocycles. The number of rotatable bonds is 14. The number of aliphatic hydroxyl groups is 3. The molecule has 0 heterocycles. The van der Waals surface area contributed by atoms with E-state index in [4.69, 9.17) is 0 Å². The van der Waals surface area contributed by atoms with Gasteiger partial charge in [-0.15, -0.1) is 0 Å². The lowest BCUT2D eigenvalue weighted by Gasteiger charge is -2.74. The van der Waals surface area contributed by atoms with E-state index >= 15 is 198 Å². The van der Waals surface area contributed by atoms with Crippen molar-refractivity contribution < 1.29 is 227 Å². The third-order valence-electron chi connectivity index (χ3n) is 19.6. The van der Waals surface area contributed by atoms with Gasteiger partial charge in [0.2, 0.25) is 0 Å². The molecule has 530 valence electrons. The Bertz CT molecular complexity index is 2480. The minimum absolute atomic E-state index is 0.111. The summed E-state index contributed by atoms with van der Waals surface area (Å²) in [5.74, 6) is -161. The van der Waals surface area contributed by atoms with Crippen LogP contribution in [0.15, 0.2) is 0 Å². The molecule has 3 N–H and O–H groups in total. The lowest BCUT2D eigenvalue weighted by molar-refractivity contribution is -0.619. The molecule has 3 unspecified atom stereocenters. The van der Waals surface area contributed by atoms with Gasteiger partial charge in [-0.25, -0.2) is 39.5 Å². The quantitative estimate of drug-likeness (QED) is 0.150. The van der Waals surface area contributed by atoms with E-state index in [0.29, 0.717) is 0 Å². The van der Waals surface area contributed by atoms with E-state index in [1.54, 1.807) is 0 Å². The lowest BCUT2D eigenvalue weighted by Crippen LogP contribution is -3.10. The number of hydrogen-bond acceptors (Lipinski definition) is 6. The molecule has 12 saturated carbocycles. The highest BCUT2D eigenvalue weighted by Gasteiger charge is 3.27. The molecular formula is C40H19F45O6. The zero-order valence-corrected chi connectivity index (χ0v) is 41.3. The summed E-state index contributed by atoms with van der Waals surface area (Å²) in [6.45, 7) is -13.9. The van der Waals surface area contributed by atoms with Gasteiger partial charge in [0, 0.05) is 0 Å². The Hall–Kier alpha value is -3.39. The summed E-state index contributed by atoms with van der Waals surface area (Å²) in [4.78, 5) is 0. The van der Waals surface area contributed by atoms with Crippen molar-refractivity contribution in [2.75, 3.05) is 19.8 Å². The lowest BCUT2D eigenvalue weighted by atomic mass is 9.40. The summed E-state index contributed by atoms with van der Waals surface area (Å²) in [6, 6.07) is 0. The Balaban J connectivity index is 1.28. The van der Waals surface area contributed by atoms with E-state index in [1.807, 2.05) is 0 Å². The topological polar surface area (TPSA) is 88.4 Å². The van der Waals surface area contributed by atoms with Crippen molar-refractivity contribution >= 4 is 0 Å². The molecule has 6 nitrogen and oxygen atoms in total. The van der Waals surface area contributed by atoms with Crippen LogP contribution in [0.25, 0.3) is 0 Å². The highest BCUT2D eigenvalue weighted by Crippen LogP contribution is 2.93. The van der Waals surface area contributed by atoms with Crippen LogP contribution >= 0.6 is 0 Å². The van der Waals surface area contributed by atoms with Crippen LogP contribution in [0, 0.1) is 5.41 Å². The van der Waals surface area contributed by atoms with Gasteiger partial charge in [-0.05, 0) is 6.42 Å². The molecule has 0 amide bonds. The molecule has 12 aliphatic rings. The van der Waals surface area contributed by atoms with Gasteiger partial charge in [-0.1, -0.05) is 13.3 Å². The van der Waals surface area contributed by atoms with Gasteiger partial charge in [-0.3, -0.25) is 0 Å². The highest BCUT2D eigenvalue weighted by atomic mass is 19.4. The number of hydrogen-bond donors (Lipinski definition) is 3. The Labute approximate surface area is 465 Å². The summed E-state index contributed by atoms with van der Waals surface area (Å²) < 4.78 is 716. The summed E-state index contributed by atoms with van der Waals surface area (Å²) in [6.07, 6.45) is -22.0. The van der Waals surface area contributed by atoms with Crippen LogP contribution in [0.5, 0.6) is 0 Å². The fourth-order valence-corrected chi connectivity index (χ4v) is 14.9. The van der Waals surface area contributed by atoms with Gasteiger partial charge >= 0.3 is 158 Å². The van der Waals surface area contributed by atoms with Crippen LogP contribution in [0.1, 0.15) is 19.8 Å². The molecule has 0 spiro atoms. The van der Waals surface area contributed by atoms with E-state index in [9.17, 15) is 15.3 Å². The third-order valence-corrected chi connectivity index (χ3v) is 19.6. The monoisotopic (exact) mass is 1450 g/mol. The average Bonchev–Trinajstić information content (AvgIpc) is 0.606. The van der Waals surface area contributed by atoms with Crippen LogP contribution < -0.4 is 0 Å². The number of aliphatic hydroxyl groups excluding tert-OH is 3.